The van der Waals surface area contributed by atoms with E-state index < -0.39 is 0 Å². The summed E-state index contributed by atoms with van der Waals surface area (Å²) in [5.41, 5.74) is 9.39. The molecular weight excluding hydrogens is 212 g/mol. The molecule has 0 spiro atoms. The highest BCUT2D eigenvalue weighted by molar-refractivity contribution is 5.34. The molecule has 4 nitrogen and oxygen atoms in total. The molecule has 0 fully saturated rings. The number of benzene rings is 1. The van der Waals surface area contributed by atoms with E-state index >= 15 is 0 Å². The molecule has 0 saturated carbocycles. The van der Waals surface area contributed by atoms with E-state index in [2.05, 4.69) is 36.3 Å². The van der Waals surface area contributed by atoms with Crippen molar-refractivity contribution in [1.29, 1.82) is 0 Å². The molecule has 0 aliphatic carbocycles. The summed E-state index contributed by atoms with van der Waals surface area (Å²) in [6, 6.07) is 8.31. The maximum atomic E-state index is 5.82. The van der Waals surface area contributed by atoms with Crippen LogP contribution in [-0.2, 0) is 13.0 Å². The van der Waals surface area contributed by atoms with Gasteiger partial charge in [-0.05, 0) is 24.5 Å². The molecule has 0 radical (unpaired) electrons. The van der Waals surface area contributed by atoms with Crippen LogP contribution in [0.2, 0.25) is 0 Å². The Hall–Kier alpha value is -1.84. The number of hydrogen-bond acceptors (Lipinski definition) is 3. The fraction of sp³-hybridized carbons (Fsp3) is 0.385. The molecule has 2 N–H and O–H groups in total. The number of aromatic nitrogens is 3. The van der Waals surface area contributed by atoms with E-state index in [9.17, 15) is 0 Å². The van der Waals surface area contributed by atoms with E-state index in [0.29, 0.717) is 5.82 Å². The Balaban J connectivity index is 2.27. The monoisotopic (exact) mass is 230 g/mol. The van der Waals surface area contributed by atoms with Crippen molar-refractivity contribution in [3.63, 3.8) is 0 Å². The van der Waals surface area contributed by atoms with Crippen LogP contribution in [-0.4, -0.2) is 15.0 Å². The van der Waals surface area contributed by atoms with Crippen molar-refractivity contribution in [2.45, 2.75) is 33.2 Å². The van der Waals surface area contributed by atoms with Crippen LogP contribution in [0.15, 0.2) is 24.3 Å². The largest absolute Gasteiger partial charge is 0.381 e. The molecule has 1 aromatic heterocycles. The number of aryl methyl sites for hydroxylation is 1. The van der Waals surface area contributed by atoms with Crippen molar-refractivity contribution in [2.24, 2.45) is 0 Å². The van der Waals surface area contributed by atoms with Crippen LogP contribution in [0.1, 0.15) is 30.2 Å². The number of nitrogen functional groups attached to an aromatic ring is 1. The van der Waals surface area contributed by atoms with Gasteiger partial charge in [0.15, 0.2) is 5.82 Å². The number of nitrogens with zero attached hydrogens (tertiary/aromatic N) is 3. The minimum atomic E-state index is 0.556. The number of hydrogen-bond donors (Lipinski definition) is 1. The van der Waals surface area contributed by atoms with Crippen molar-refractivity contribution >= 4 is 5.82 Å². The Morgan fingerprint density at radius 2 is 2.06 bits per heavy atom. The number of nitrogens with two attached hydrogens (primary N) is 1. The highest BCUT2D eigenvalue weighted by atomic mass is 15.4. The minimum absolute atomic E-state index is 0.556. The molecule has 0 aliphatic rings. The SMILES string of the molecule is CCCc1c(N)nnn1Cc1ccccc1C. The molecule has 0 unspecified atom stereocenters. The summed E-state index contributed by atoms with van der Waals surface area (Å²) in [5.74, 6) is 0.556. The lowest BCUT2D eigenvalue weighted by atomic mass is 10.1. The topological polar surface area (TPSA) is 56.7 Å². The second kappa shape index (κ2) is 4.99. The van der Waals surface area contributed by atoms with Gasteiger partial charge in [0.25, 0.3) is 0 Å². The molecule has 0 atom stereocenters. The third-order valence-electron chi connectivity index (χ3n) is 2.94. The van der Waals surface area contributed by atoms with Crippen LogP contribution in [0.3, 0.4) is 0 Å². The van der Waals surface area contributed by atoms with Gasteiger partial charge in [0.2, 0.25) is 0 Å². The Morgan fingerprint density at radius 3 is 2.76 bits per heavy atom. The standard InChI is InChI=1S/C13H18N4/c1-3-6-12-13(14)15-16-17(12)9-11-8-5-4-7-10(11)2/h4-5,7-8H,3,6,9,14H2,1-2H3. The molecule has 1 heterocycles. The van der Waals surface area contributed by atoms with Crippen LogP contribution in [0.5, 0.6) is 0 Å². The van der Waals surface area contributed by atoms with Crippen LogP contribution in [0.4, 0.5) is 5.82 Å². The zero-order valence-corrected chi connectivity index (χ0v) is 10.3. The molecule has 90 valence electrons. The van der Waals surface area contributed by atoms with Crippen LogP contribution < -0.4 is 5.73 Å². The molecule has 1 aromatic carbocycles. The van der Waals surface area contributed by atoms with Gasteiger partial charge >= 0.3 is 0 Å². The Labute approximate surface area is 101 Å². The lowest BCUT2D eigenvalue weighted by molar-refractivity contribution is 0.612. The molecule has 2 rings (SSSR count). The predicted octanol–water partition coefficient (Wildman–Crippen LogP) is 2.17. The van der Waals surface area contributed by atoms with Gasteiger partial charge in [-0.2, -0.15) is 0 Å². The third-order valence-corrected chi connectivity index (χ3v) is 2.94. The first-order chi connectivity index (χ1) is 8.22. The summed E-state index contributed by atoms with van der Waals surface area (Å²) < 4.78 is 1.90. The molecule has 4 heteroatoms. The lowest BCUT2D eigenvalue weighted by Crippen LogP contribution is -2.08. The first-order valence-corrected chi connectivity index (χ1v) is 5.94. The van der Waals surface area contributed by atoms with E-state index in [-0.39, 0.29) is 0 Å². The number of rotatable bonds is 4. The molecule has 2 aromatic rings. The van der Waals surface area contributed by atoms with Gasteiger partial charge in [-0.25, -0.2) is 4.68 Å². The first-order valence-electron chi connectivity index (χ1n) is 5.94. The number of anilines is 1. The quantitative estimate of drug-likeness (QED) is 0.875. The van der Waals surface area contributed by atoms with E-state index in [0.717, 1.165) is 25.1 Å². The van der Waals surface area contributed by atoms with Crippen LogP contribution in [0, 0.1) is 6.92 Å². The summed E-state index contributed by atoms with van der Waals surface area (Å²) in [6.45, 7) is 4.98. The second-order valence-electron chi connectivity index (χ2n) is 4.26. The first kappa shape index (κ1) is 11.6. The predicted molar refractivity (Wildman–Crippen MR) is 68.7 cm³/mol. The normalized spacial score (nSPS) is 10.7. The van der Waals surface area contributed by atoms with E-state index in [4.69, 9.17) is 5.73 Å². The van der Waals surface area contributed by atoms with Crippen molar-refractivity contribution < 1.29 is 0 Å². The fourth-order valence-corrected chi connectivity index (χ4v) is 1.92. The van der Waals surface area contributed by atoms with Crippen molar-refractivity contribution in [3.8, 4) is 0 Å². The van der Waals surface area contributed by atoms with Gasteiger partial charge in [0.1, 0.15) is 0 Å². The molecule has 0 amide bonds. The summed E-state index contributed by atoms with van der Waals surface area (Å²) in [4.78, 5) is 0. The van der Waals surface area contributed by atoms with Gasteiger partial charge in [-0.3, -0.25) is 0 Å². The average Bonchev–Trinajstić information content (AvgIpc) is 2.65. The molecular formula is C13H18N4. The fourth-order valence-electron chi connectivity index (χ4n) is 1.92. The summed E-state index contributed by atoms with van der Waals surface area (Å²) in [6.07, 6.45) is 1.97. The Kier molecular flexibility index (Phi) is 3.42. The van der Waals surface area contributed by atoms with Crippen molar-refractivity contribution in [3.05, 3.63) is 41.1 Å². The van der Waals surface area contributed by atoms with Gasteiger partial charge < -0.3 is 5.73 Å². The zero-order chi connectivity index (χ0) is 12.3. The second-order valence-corrected chi connectivity index (χ2v) is 4.26. The van der Waals surface area contributed by atoms with Gasteiger partial charge in [0.05, 0.1) is 12.2 Å². The van der Waals surface area contributed by atoms with Crippen LogP contribution >= 0.6 is 0 Å². The average molecular weight is 230 g/mol. The van der Waals surface area contributed by atoms with E-state index in [1.165, 1.54) is 11.1 Å². The third kappa shape index (κ3) is 2.46. The van der Waals surface area contributed by atoms with E-state index in [1.807, 2.05) is 16.8 Å². The molecule has 0 saturated heterocycles. The summed E-state index contributed by atoms with van der Waals surface area (Å²) >= 11 is 0. The highest BCUT2D eigenvalue weighted by Gasteiger charge is 2.10. The summed E-state index contributed by atoms with van der Waals surface area (Å²) in [5, 5.41) is 8.06. The lowest BCUT2D eigenvalue weighted by Gasteiger charge is -2.08. The minimum Gasteiger partial charge on any atom is -0.381 e. The van der Waals surface area contributed by atoms with Crippen LogP contribution in [0.25, 0.3) is 0 Å². The smallest absolute Gasteiger partial charge is 0.169 e. The maximum Gasteiger partial charge on any atom is 0.169 e. The van der Waals surface area contributed by atoms with Gasteiger partial charge in [0, 0.05) is 0 Å². The van der Waals surface area contributed by atoms with Gasteiger partial charge in [-0.15, -0.1) is 5.10 Å². The highest BCUT2D eigenvalue weighted by Crippen LogP contribution is 2.14. The Bertz CT molecular complexity index is 502. The Morgan fingerprint density at radius 1 is 1.29 bits per heavy atom. The zero-order valence-electron chi connectivity index (χ0n) is 10.3. The van der Waals surface area contributed by atoms with Crippen molar-refractivity contribution in [2.75, 3.05) is 5.73 Å². The summed E-state index contributed by atoms with van der Waals surface area (Å²) in [7, 11) is 0. The molecule has 17 heavy (non-hydrogen) atoms. The van der Waals surface area contributed by atoms with Crippen molar-refractivity contribution in [1.82, 2.24) is 15.0 Å². The van der Waals surface area contributed by atoms with E-state index in [1.54, 1.807) is 0 Å². The molecule has 0 aliphatic heterocycles. The maximum absolute atomic E-state index is 5.82. The van der Waals surface area contributed by atoms with Gasteiger partial charge in [-0.1, -0.05) is 42.8 Å². The molecule has 0 bridgehead atoms.